The Kier molecular flexibility index (Phi) is 6.47. The first-order chi connectivity index (χ1) is 17.9. The minimum Gasteiger partial charge on any atom is -0.497 e. The number of aryl methyl sites for hydroxylation is 2. The number of nitrogens with one attached hydrogen (secondary N) is 1. The maximum absolute atomic E-state index is 13.0. The molecule has 2 heterocycles. The summed E-state index contributed by atoms with van der Waals surface area (Å²) in [7, 11) is 1.62. The second-order valence-corrected chi connectivity index (χ2v) is 9.21. The number of para-hydroxylation sites is 1. The summed E-state index contributed by atoms with van der Waals surface area (Å²) >= 11 is 4.69. The fourth-order valence-corrected chi connectivity index (χ4v) is 4.90. The van der Waals surface area contributed by atoms with E-state index in [-0.39, 0.29) is 10.6 Å². The van der Waals surface area contributed by atoms with Crippen molar-refractivity contribution in [3.05, 3.63) is 106 Å². The van der Waals surface area contributed by atoms with Gasteiger partial charge in [0.15, 0.2) is 0 Å². The van der Waals surface area contributed by atoms with Crippen molar-refractivity contribution in [3.8, 4) is 28.8 Å². The van der Waals surface area contributed by atoms with Gasteiger partial charge in [0, 0.05) is 23.0 Å². The van der Waals surface area contributed by atoms with Crippen LogP contribution in [0.5, 0.6) is 5.75 Å². The molecule has 0 aliphatic carbocycles. The number of aromatic nitrogens is 2. The van der Waals surface area contributed by atoms with E-state index in [1.165, 1.54) is 0 Å². The lowest BCUT2D eigenvalue weighted by molar-refractivity contribution is -0.118. The average Bonchev–Trinajstić information content (AvgIpc) is 3.35. The molecule has 4 aromatic rings. The van der Waals surface area contributed by atoms with Crippen LogP contribution in [0.25, 0.3) is 16.9 Å². The van der Waals surface area contributed by atoms with Crippen molar-refractivity contribution in [1.29, 1.82) is 5.26 Å². The predicted octanol–water partition coefficient (Wildman–Crippen LogP) is 5.46. The minimum absolute atomic E-state index is 0.0407. The third-order valence-electron chi connectivity index (χ3n) is 6.35. The lowest BCUT2D eigenvalue weighted by atomic mass is 10.0. The fraction of sp³-hybridized carbons (Fsp3) is 0.138. The summed E-state index contributed by atoms with van der Waals surface area (Å²) in [6.07, 6.45) is 1.25. The van der Waals surface area contributed by atoms with E-state index in [0.717, 1.165) is 39.4 Å². The molecule has 0 bridgehead atoms. The van der Waals surface area contributed by atoms with Crippen LogP contribution in [0.4, 0.5) is 5.69 Å². The van der Waals surface area contributed by atoms with Crippen LogP contribution in [-0.4, -0.2) is 22.8 Å². The maximum atomic E-state index is 13.0. The number of carbonyl (C=O) groups is 1. The lowest BCUT2D eigenvalue weighted by Crippen LogP contribution is -2.46. The zero-order chi connectivity index (χ0) is 26.1. The average molecular weight is 508 g/mol. The molecule has 37 heavy (non-hydrogen) atoms. The Labute approximate surface area is 221 Å². The van der Waals surface area contributed by atoms with Crippen LogP contribution >= 0.6 is 12.6 Å². The van der Waals surface area contributed by atoms with E-state index in [2.05, 4.69) is 24.0 Å². The summed E-state index contributed by atoms with van der Waals surface area (Å²) < 4.78 is 7.13. The minimum atomic E-state index is -0.659. The van der Waals surface area contributed by atoms with Crippen LogP contribution in [0.15, 0.2) is 89.6 Å². The Morgan fingerprint density at radius 1 is 1.05 bits per heavy atom. The van der Waals surface area contributed by atoms with Crippen LogP contribution in [0.3, 0.4) is 0 Å². The number of amides is 1. The maximum Gasteiger partial charge on any atom is 0.266 e. The molecular weight excluding hydrogens is 482 g/mol. The van der Waals surface area contributed by atoms with Crippen LogP contribution in [-0.2, 0) is 4.79 Å². The summed E-state index contributed by atoms with van der Waals surface area (Å²) in [5, 5.41) is 18.0. The van der Waals surface area contributed by atoms with Gasteiger partial charge in [-0.3, -0.25) is 4.79 Å². The Balaban J connectivity index is 1.74. The molecule has 5 rings (SSSR count). The lowest BCUT2D eigenvalue weighted by Gasteiger charge is -2.38. The number of methoxy groups -OCH3 is 1. The van der Waals surface area contributed by atoms with Gasteiger partial charge in [0.05, 0.1) is 23.5 Å². The van der Waals surface area contributed by atoms with Crippen LogP contribution in [0, 0.1) is 25.2 Å². The van der Waals surface area contributed by atoms with E-state index in [9.17, 15) is 10.1 Å². The molecule has 0 spiro atoms. The quantitative estimate of drug-likeness (QED) is 0.350. The number of benzene rings is 3. The third-order valence-corrected chi connectivity index (χ3v) is 6.79. The summed E-state index contributed by atoms with van der Waals surface area (Å²) in [5.41, 5.74) is 6.08. The molecule has 0 saturated heterocycles. The Morgan fingerprint density at radius 3 is 2.43 bits per heavy atom. The molecule has 1 amide bonds. The molecule has 1 aliphatic heterocycles. The smallest absolute Gasteiger partial charge is 0.266 e. The van der Waals surface area contributed by atoms with Gasteiger partial charge in [-0.15, -0.1) is 12.6 Å². The van der Waals surface area contributed by atoms with E-state index in [4.69, 9.17) is 9.84 Å². The molecule has 1 atom stereocenters. The molecule has 7 nitrogen and oxygen atoms in total. The molecule has 3 aromatic carbocycles. The Hall–Kier alpha value is -4.48. The largest absolute Gasteiger partial charge is 0.497 e. The zero-order valence-electron chi connectivity index (χ0n) is 20.6. The highest BCUT2D eigenvalue weighted by molar-refractivity contribution is 7.84. The van der Waals surface area contributed by atoms with Crippen molar-refractivity contribution in [1.82, 2.24) is 15.1 Å². The number of rotatable bonds is 5. The van der Waals surface area contributed by atoms with Crippen LogP contribution in [0.1, 0.15) is 22.9 Å². The molecule has 8 heteroatoms. The van der Waals surface area contributed by atoms with Crippen molar-refractivity contribution >= 4 is 24.2 Å². The Morgan fingerprint density at radius 2 is 1.78 bits per heavy atom. The molecule has 1 unspecified atom stereocenters. The number of ether oxygens (including phenoxy) is 1. The van der Waals surface area contributed by atoms with E-state index in [1.54, 1.807) is 11.8 Å². The van der Waals surface area contributed by atoms with Crippen LogP contribution < -0.4 is 15.0 Å². The highest BCUT2D eigenvalue weighted by Gasteiger charge is 2.37. The molecule has 1 N–H and O–H groups in total. The molecule has 0 radical (unpaired) electrons. The second kappa shape index (κ2) is 9.88. The van der Waals surface area contributed by atoms with Crippen molar-refractivity contribution in [2.75, 3.05) is 12.0 Å². The molecule has 0 fully saturated rings. The molecule has 1 aromatic heterocycles. The fourth-order valence-electron chi connectivity index (χ4n) is 4.53. The molecular formula is C29H25N5O2S. The van der Waals surface area contributed by atoms with Gasteiger partial charge in [-0.1, -0.05) is 35.9 Å². The molecule has 0 saturated carbocycles. The van der Waals surface area contributed by atoms with Gasteiger partial charge in [-0.05, 0) is 61.9 Å². The van der Waals surface area contributed by atoms with Gasteiger partial charge in [0.25, 0.3) is 5.91 Å². The second-order valence-electron chi connectivity index (χ2n) is 8.79. The van der Waals surface area contributed by atoms with Crippen molar-refractivity contribution in [2.24, 2.45) is 0 Å². The number of anilines is 1. The topological polar surface area (TPSA) is 83.2 Å². The highest BCUT2D eigenvalue weighted by Crippen LogP contribution is 2.40. The zero-order valence-corrected chi connectivity index (χ0v) is 21.5. The van der Waals surface area contributed by atoms with E-state index < -0.39 is 12.1 Å². The number of hydrogen-bond acceptors (Lipinski definition) is 6. The summed E-state index contributed by atoms with van der Waals surface area (Å²) in [4.78, 5) is 14.9. The van der Waals surface area contributed by atoms with Gasteiger partial charge in [0.1, 0.15) is 23.6 Å². The standard InChI is InChI=1S/C29H25N5O2S/c1-18-9-14-25(19(2)15-18)34-27(31-28(35)23(16-30)29(34)37)24-17-33(21-7-5-4-6-8-21)32-26(24)20-10-12-22(36-3)13-11-20/h4-15,17,27,37H,1-3H3,(H,31,35). The van der Waals surface area contributed by atoms with Gasteiger partial charge in [0.2, 0.25) is 0 Å². The SMILES string of the molecule is COc1ccc(-c2nn(-c3ccccc3)cc2C2NC(=O)C(C#N)=C(S)N2c2ccc(C)cc2C)cc1. The number of thiol groups is 1. The van der Waals surface area contributed by atoms with Crippen molar-refractivity contribution < 1.29 is 9.53 Å². The van der Waals surface area contributed by atoms with E-state index in [0.29, 0.717) is 5.69 Å². The Bertz CT molecular complexity index is 1550. The van der Waals surface area contributed by atoms with Gasteiger partial charge in [-0.25, -0.2) is 4.68 Å². The number of nitriles is 1. The third kappa shape index (κ3) is 4.46. The van der Waals surface area contributed by atoms with Crippen molar-refractivity contribution in [2.45, 2.75) is 20.0 Å². The van der Waals surface area contributed by atoms with Gasteiger partial charge < -0.3 is 15.0 Å². The van der Waals surface area contributed by atoms with E-state index >= 15 is 0 Å². The summed E-state index contributed by atoms with van der Waals surface area (Å²) in [5.74, 6) is 0.251. The monoisotopic (exact) mass is 507 g/mol. The first-order valence-corrected chi connectivity index (χ1v) is 12.2. The summed E-state index contributed by atoms with van der Waals surface area (Å²) in [6, 6.07) is 25.4. The number of carbonyl (C=O) groups excluding carboxylic acids is 1. The first-order valence-electron chi connectivity index (χ1n) is 11.7. The molecule has 184 valence electrons. The normalized spacial score (nSPS) is 15.4. The number of hydrogen-bond donors (Lipinski definition) is 2. The van der Waals surface area contributed by atoms with Gasteiger partial charge in [-0.2, -0.15) is 10.4 Å². The summed E-state index contributed by atoms with van der Waals surface area (Å²) in [6.45, 7) is 4.02. The highest BCUT2D eigenvalue weighted by atomic mass is 32.1. The van der Waals surface area contributed by atoms with E-state index in [1.807, 2.05) is 97.7 Å². The van der Waals surface area contributed by atoms with Gasteiger partial charge >= 0.3 is 0 Å². The molecule has 1 aliphatic rings. The predicted molar refractivity (Wildman–Crippen MR) is 146 cm³/mol. The first kappa shape index (κ1) is 24.2. The van der Waals surface area contributed by atoms with Crippen LogP contribution in [0.2, 0.25) is 0 Å². The van der Waals surface area contributed by atoms with Crippen molar-refractivity contribution in [3.63, 3.8) is 0 Å². The number of nitrogens with zero attached hydrogens (tertiary/aromatic N) is 4.